The Bertz CT molecular complexity index is 567. The highest BCUT2D eigenvalue weighted by Gasteiger charge is 2.00. The van der Waals surface area contributed by atoms with Crippen molar-refractivity contribution in [3.8, 4) is 0 Å². The van der Waals surface area contributed by atoms with Crippen molar-refractivity contribution >= 4 is 29.6 Å². The predicted molar refractivity (Wildman–Crippen MR) is 89.4 cm³/mol. The van der Waals surface area contributed by atoms with Crippen molar-refractivity contribution in [1.29, 1.82) is 0 Å². The fourth-order valence-electron chi connectivity index (χ4n) is 1.64. The molecule has 0 saturated carbocycles. The van der Waals surface area contributed by atoms with Crippen LogP contribution in [0.25, 0.3) is 6.08 Å². The van der Waals surface area contributed by atoms with Crippen LogP contribution in [0, 0.1) is 0 Å². The Labute approximate surface area is 135 Å². The van der Waals surface area contributed by atoms with Gasteiger partial charge in [0.25, 0.3) is 5.91 Å². The van der Waals surface area contributed by atoms with Crippen LogP contribution >= 0.6 is 0 Å². The first-order valence-electron chi connectivity index (χ1n) is 7.41. The number of nitrogens with one attached hydrogen (secondary N) is 4. The van der Waals surface area contributed by atoms with Crippen molar-refractivity contribution < 1.29 is 14.4 Å². The number of benzene rings is 1. The zero-order valence-corrected chi connectivity index (χ0v) is 13.3. The second kappa shape index (κ2) is 9.99. The van der Waals surface area contributed by atoms with Crippen molar-refractivity contribution in [2.24, 2.45) is 0 Å². The molecule has 4 N–H and O–H groups in total. The standard InChI is InChI=1S/C16H22N4O3/c1-3-4-11-17-16(23)20-19-15(22)10-7-13-5-8-14(9-6-13)18-12(2)21/h5-10H,3-4,11H2,1-2H3,(H,18,21)(H,19,22)(H2,17,20,23). The summed E-state index contributed by atoms with van der Waals surface area (Å²) in [5.41, 5.74) is 6.01. The van der Waals surface area contributed by atoms with Crippen LogP contribution in [-0.2, 0) is 9.59 Å². The zero-order valence-electron chi connectivity index (χ0n) is 13.3. The van der Waals surface area contributed by atoms with Gasteiger partial charge in [0, 0.05) is 25.2 Å². The average Bonchev–Trinajstić information content (AvgIpc) is 2.52. The second-order valence-electron chi connectivity index (χ2n) is 4.86. The summed E-state index contributed by atoms with van der Waals surface area (Å²) in [7, 11) is 0. The minimum absolute atomic E-state index is 0.143. The van der Waals surface area contributed by atoms with E-state index in [9.17, 15) is 14.4 Å². The van der Waals surface area contributed by atoms with E-state index in [4.69, 9.17) is 0 Å². The molecule has 0 fully saturated rings. The van der Waals surface area contributed by atoms with Gasteiger partial charge in [0.2, 0.25) is 5.91 Å². The van der Waals surface area contributed by atoms with Gasteiger partial charge in [0.1, 0.15) is 0 Å². The van der Waals surface area contributed by atoms with Crippen LogP contribution in [-0.4, -0.2) is 24.4 Å². The maximum absolute atomic E-state index is 11.6. The monoisotopic (exact) mass is 318 g/mol. The summed E-state index contributed by atoms with van der Waals surface area (Å²) in [5.74, 6) is -0.586. The third-order valence-corrected chi connectivity index (χ3v) is 2.77. The highest BCUT2D eigenvalue weighted by atomic mass is 16.2. The van der Waals surface area contributed by atoms with Crippen LogP contribution < -0.4 is 21.5 Å². The predicted octanol–water partition coefficient (Wildman–Crippen LogP) is 1.79. The summed E-state index contributed by atoms with van der Waals surface area (Å²) in [5, 5.41) is 5.26. The zero-order chi connectivity index (χ0) is 17.1. The molecule has 0 spiro atoms. The Balaban J connectivity index is 2.37. The number of urea groups is 1. The molecule has 23 heavy (non-hydrogen) atoms. The Morgan fingerprint density at radius 1 is 1.09 bits per heavy atom. The highest BCUT2D eigenvalue weighted by molar-refractivity contribution is 5.93. The number of hydrogen-bond acceptors (Lipinski definition) is 3. The number of amides is 4. The first-order valence-corrected chi connectivity index (χ1v) is 7.41. The van der Waals surface area contributed by atoms with Gasteiger partial charge in [-0.1, -0.05) is 25.5 Å². The van der Waals surface area contributed by atoms with E-state index < -0.39 is 11.9 Å². The van der Waals surface area contributed by atoms with E-state index >= 15 is 0 Å². The van der Waals surface area contributed by atoms with Crippen molar-refractivity contribution in [2.45, 2.75) is 26.7 Å². The van der Waals surface area contributed by atoms with E-state index in [1.165, 1.54) is 13.0 Å². The van der Waals surface area contributed by atoms with Crippen LogP contribution in [0.1, 0.15) is 32.3 Å². The maximum Gasteiger partial charge on any atom is 0.333 e. The normalized spacial score (nSPS) is 10.2. The first kappa shape index (κ1) is 18.2. The van der Waals surface area contributed by atoms with Gasteiger partial charge < -0.3 is 10.6 Å². The van der Waals surface area contributed by atoms with Gasteiger partial charge in [-0.15, -0.1) is 0 Å². The van der Waals surface area contributed by atoms with E-state index in [0.717, 1.165) is 18.4 Å². The smallest absolute Gasteiger partial charge is 0.333 e. The summed E-state index contributed by atoms with van der Waals surface area (Å²) < 4.78 is 0. The molecule has 1 aromatic rings. The van der Waals surface area contributed by atoms with Gasteiger partial charge in [-0.25, -0.2) is 10.2 Å². The molecular formula is C16H22N4O3. The van der Waals surface area contributed by atoms with Crippen LogP contribution in [0.2, 0.25) is 0 Å². The van der Waals surface area contributed by atoms with Crippen LogP contribution in [0.4, 0.5) is 10.5 Å². The molecule has 0 aromatic heterocycles. The number of unbranched alkanes of at least 4 members (excludes halogenated alkanes) is 1. The molecule has 0 atom stereocenters. The molecule has 1 rings (SSSR count). The van der Waals surface area contributed by atoms with Crippen LogP contribution in [0.15, 0.2) is 30.3 Å². The minimum atomic E-state index is -0.445. The SMILES string of the molecule is CCCCNC(=O)NNC(=O)C=Cc1ccc(NC(C)=O)cc1. The fourth-order valence-corrected chi connectivity index (χ4v) is 1.64. The van der Waals surface area contributed by atoms with E-state index in [1.54, 1.807) is 30.3 Å². The van der Waals surface area contributed by atoms with Crippen molar-refractivity contribution in [1.82, 2.24) is 16.2 Å². The van der Waals surface area contributed by atoms with Crippen LogP contribution in [0.5, 0.6) is 0 Å². The van der Waals surface area contributed by atoms with E-state index in [1.807, 2.05) is 6.92 Å². The second-order valence-corrected chi connectivity index (χ2v) is 4.86. The van der Waals surface area contributed by atoms with Gasteiger partial charge in [-0.3, -0.25) is 15.0 Å². The number of carbonyl (C=O) groups excluding carboxylic acids is 3. The first-order chi connectivity index (χ1) is 11.0. The Kier molecular flexibility index (Phi) is 7.91. The molecule has 4 amide bonds. The summed E-state index contributed by atoms with van der Waals surface area (Å²) in [4.78, 5) is 33.8. The van der Waals surface area contributed by atoms with E-state index in [-0.39, 0.29) is 5.91 Å². The largest absolute Gasteiger partial charge is 0.337 e. The van der Waals surface area contributed by atoms with Gasteiger partial charge in [-0.2, -0.15) is 0 Å². The molecule has 0 heterocycles. The summed E-state index contributed by atoms with van der Waals surface area (Å²) >= 11 is 0. The number of hydrogen-bond donors (Lipinski definition) is 4. The quantitative estimate of drug-likeness (QED) is 0.365. The minimum Gasteiger partial charge on any atom is -0.337 e. The third-order valence-electron chi connectivity index (χ3n) is 2.77. The van der Waals surface area contributed by atoms with Crippen molar-refractivity contribution in [3.63, 3.8) is 0 Å². The lowest BCUT2D eigenvalue weighted by molar-refractivity contribution is -0.117. The number of carbonyl (C=O) groups is 3. The fraction of sp³-hybridized carbons (Fsp3) is 0.312. The lowest BCUT2D eigenvalue weighted by Gasteiger charge is -2.06. The highest BCUT2D eigenvalue weighted by Crippen LogP contribution is 2.10. The molecule has 7 heteroatoms. The van der Waals surface area contributed by atoms with Crippen molar-refractivity contribution in [3.05, 3.63) is 35.9 Å². The van der Waals surface area contributed by atoms with Gasteiger partial charge in [0.05, 0.1) is 0 Å². The molecule has 0 aliphatic heterocycles. The van der Waals surface area contributed by atoms with Crippen molar-refractivity contribution in [2.75, 3.05) is 11.9 Å². The molecule has 0 unspecified atom stereocenters. The number of hydrazine groups is 1. The lowest BCUT2D eigenvalue weighted by Crippen LogP contribution is -2.46. The molecule has 1 aromatic carbocycles. The van der Waals surface area contributed by atoms with Gasteiger partial charge in [-0.05, 0) is 30.2 Å². The lowest BCUT2D eigenvalue weighted by atomic mass is 10.2. The van der Waals surface area contributed by atoms with E-state index in [0.29, 0.717) is 12.2 Å². The summed E-state index contributed by atoms with van der Waals surface area (Å²) in [6.45, 7) is 4.02. The van der Waals surface area contributed by atoms with E-state index in [2.05, 4.69) is 21.5 Å². The molecule has 7 nitrogen and oxygen atoms in total. The Morgan fingerprint density at radius 3 is 2.39 bits per heavy atom. The Morgan fingerprint density at radius 2 is 1.78 bits per heavy atom. The molecule has 124 valence electrons. The maximum atomic E-state index is 11.6. The molecule has 0 bridgehead atoms. The number of rotatable bonds is 6. The third kappa shape index (κ3) is 8.25. The van der Waals surface area contributed by atoms with Crippen LogP contribution in [0.3, 0.4) is 0 Å². The molecule has 0 radical (unpaired) electrons. The molecule has 0 aliphatic rings. The Hall–Kier alpha value is -2.83. The molecule has 0 saturated heterocycles. The molecular weight excluding hydrogens is 296 g/mol. The topological polar surface area (TPSA) is 99.3 Å². The number of anilines is 1. The molecule has 0 aliphatic carbocycles. The van der Waals surface area contributed by atoms with Gasteiger partial charge >= 0.3 is 6.03 Å². The summed E-state index contributed by atoms with van der Waals surface area (Å²) in [6, 6.07) is 6.55. The van der Waals surface area contributed by atoms with Gasteiger partial charge in [0.15, 0.2) is 0 Å². The average molecular weight is 318 g/mol. The summed E-state index contributed by atoms with van der Waals surface area (Å²) in [6.07, 6.45) is 4.77.